The average molecular weight is 602 g/mol. The quantitative estimate of drug-likeness (QED) is 0.184. The van der Waals surface area contributed by atoms with E-state index < -0.39 is 18.3 Å². The number of para-hydroxylation sites is 1. The van der Waals surface area contributed by atoms with Crippen molar-refractivity contribution >= 4 is 34.5 Å². The molecule has 1 fully saturated rings. The van der Waals surface area contributed by atoms with Gasteiger partial charge in [0.15, 0.2) is 17.5 Å². The third kappa shape index (κ3) is 4.89. The van der Waals surface area contributed by atoms with E-state index in [1.165, 1.54) is 0 Å². The number of rotatable bonds is 5. The molecule has 0 radical (unpaired) electrons. The fraction of sp³-hybridized carbons (Fsp3) is 0.154. The molecule has 224 valence electrons. The highest BCUT2D eigenvalue weighted by atomic mass is 16.7. The van der Waals surface area contributed by atoms with Gasteiger partial charge in [0, 0.05) is 21.9 Å². The van der Waals surface area contributed by atoms with Crippen molar-refractivity contribution in [3.8, 4) is 45.3 Å². The summed E-state index contributed by atoms with van der Waals surface area (Å²) in [5.74, 6) is 1.67. The van der Waals surface area contributed by atoms with Crippen LogP contribution in [0.2, 0.25) is 0 Å². The van der Waals surface area contributed by atoms with E-state index in [2.05, 4.69) is 64.1 Å². The molecular formula is C39H32BN3O3. The molecule has 0 aliphatic carbocycles. The Bertz CT molecular complexity index is 2210. The number of furan rings is 1. The highest BCUT2D eigenvalue weighted by Gasteiger charge is 2.52. The normalized spacial score (nSPS) is 15.5. The number of hydrogen-bond donors (Lipinski definition) is 0. The molecule has 3 heterocycles. The summed E-state index contributed by atoms with van der Waals surface area (Å²) >= 11 is 0. The van der Waals surface area contributed by atoms with Crippen LogP contribution in [0.1, 0.15) is 27.7 Å². The third-order valence-electron chi connectivity index (χ3n) is 9.16. The Morgan fingerprint density at radius 2 is 1.07 bits per heavy atom. The second-order valence-corrected chi connectivity index (χ2v) is 12.8. The van der Waals surface area contributed by atoms with E-state index in [4.69, 9.17) is 28.7 Å². The lowest BCUT2D eigenvalue weighted by molar-refractivity contribution is 0.00578. The first kappa shape index (κ1) is 28.4. The van der Waals surface area contributed by atoms with E-state index in [1.807, 2.05) is 84.9 Å². The van der Waals surface area contributed by atoms with Gasteiger partial charge in [-0.2, -0.15) is 0 Å². The zero-order valence-corrected chi connectivity index (χ0v) is 26.2. The number of fused-ring (bicyclic) bond motifs is 3. The number of benzene rings is 5. The summed E-state index contributed by atoms with van der Waals surface area (Å²) in [5.41, 5.74) is 6.14. The topological polar surface area (TPSA) is 70.3 Å². The van der Waals surface area contributed by atoms with Gasteiger partial charge in [0.05, 0.1) is 16.8 Å². The van der Waals surface area contributed by atoms with Crippen LogP contribution < -0.4 is 5.46 Å². The Balaban J connectivity index is 1.36. The smallest absolute Gasteiger partial charge is 0.455 e. The fourth-order valence-electron chi connectivity index (χ4n) is 5.94. The van der Waals surface area contributed by atoms with Crippen molar-refractivity contribution in [3.63, 3.8) is 0 Å². The van der Waals surface area contributed by atoms with Crippen LogP contribution in [0.5, 0.6) is 0 Å². The van der Waals surface area contributed by atoms with Gasteiger partial charge in [0.2, 0.25) is 0 Å². The molecule has 7 aromatic rings. The second-order valence-electron chi connectivity index (χ2n) is 12.8. The molecule has 7 heteroatoms. The van der Waals surface area contributed by atoms with Crippen LogP contribution in [0.4, 0.5) is 0 Å². The monoisotopic (exact) mass is 601 g/mol. The minimum absolute atomic E-state index is 0.490. The molecule has 46 heavy (non-hydrogen) atoms. The van der Waals surface area contributed by atoms with Crippen molar-refractivity contribution in [2.45, 2.75) is 38.9 Å². The van der Waals surface area contributed by atoms with Crippen molar-refractivity contribution in [3.05, 3.63) is 121 Å². The highest BCUT2D eigenvalue weighted by molar-refractivity contribution is 6.62. The molecular weight excluding hydrogens is 569 g/mol. The van der Waals surface area contributed by atoms with E-state index >= 15 is 0 Å². The van der Waals surface area contributed by atoms with Crippen molar-refractivity contribution in [2.75, 3.05) is 0 Å². The molecule has 8 rings (SSSR count). The molecule has 0 bridgehead atoms. The molecule has 1 aliphatic heterocycles. The largest absolute Gasteiger partial charge is 0.494 e. The lowest BCUT2D eigenvalue weighted by atomic mass is 9.77. The van der Waals surface area contributed by atoms with E-state index in [9.17, 15) is 0 Å². The summed E-state index contributed by atoms with van der Waals surface area (Å²) in [6.45, 7) is 8.25. The lowest BCUT2D eigenvalue weighted by Gasteiger charge is -2.32. The molecule has 0 unspecified atom stereocenters. The van der Waals surface area contributed by atoms with Gasteiger partial charge in [-0.1, -0.05) is 103 Å². The number of aromatic nitrogens is 3. The predicted octanol–water partition coefficient (Wildman–Crippen LogP) is 8.74. The van der Waals surface area contributed by atoms with Gasteiger partial charge in [-0.25, -0.2) is 15.0 Å². The summed E-state index contributed by atoms with van der Waals surface area (Å²) in [5, 5.41) is 1.96. The summed E-state index contributed by atoms with van der Waals surface area (Å²) in [6, 6.07) is 40.8. The minimum Gasteiger partial charge on any atom is -0.455 e. The lowest BCUT2D eigenvalue weighted by Crippen LogP contribution is -2.41. The first-order chi connectivity index (χ1) is 22.3. The Morgan fingerprint density at radius 1 is 0.500 bits per heavy atom. The highest BCUT2D eigenvalue weighted by Crippen LogP contribution is 2.39. The van der Waals surface area contributed by atoms with Gasteiger partial charge in [-0.3, -0.25) is 0 Å². The molecule has 0 atom stereocenters. The van der Waals surface area contributed by atoms with Crippen LogP contribution in [0.15, 0.2) is 126 Å². The fourth-order valence-corrected chi connectivity index (χ4v) is 5.94. The van der Waals surface area contributed by atoms with E-state index in [0.717, 1.165) is 49.6 Å². The molecule has 5 aromatic carbocycles. The summed E-state index contributed by atoms with van der Waals surface area (Å²) < 4.78 is 19.6. The summed E-state index contributed by atoms with van der Waals surface area (Å²) in [6.07, 6.45) is 0. The minimum atomic E-state index is -0.570. The van der Waals surface area contributed by atoms with Crippen LogP contribution in [0, 0.1) is 0 Å². The Morgan fingerprint density at radius 3 is 1.78 bits per heavy atom. The van der Waals surface area contributed by atoms with Crippen LogP contribution in [-0.4, -0.2) is 33.3 Å². The molecule has 0 saturated carbocycles. The average Bonchev–Trinajstić information content (AvgIpc) is 3.57. The first-order valence-corrected chi connectivity index (χ1v) is 15.5. The molecule has 1 aliphatic rings. The van der Waals surface area contributed by atoms with E-state index in [1.54, 1.807) is 0 Å². The summed E-state index contributed by atoms with van der Waals surface area (Å²) in [4.78, 5) is 15.2. The maximum Gasteiger partial charge on any atom is 0.494 e. The van der Waals surface area contributed by atoms with Crippen molar-refractivity contribution in [1.82, 2.24) is 15.0 Å². The van der Waals surface area contributed by atoms with Crippen molar-refractivity contribution in [1.29, 1.82) is 0 Å². The number of nitrogens with zero attached hydrogens (tertiary/aromatic N) is 3. The molecule has 2 aromatic heterocycles. The van der Waals surface area contributed by atoms with Gasteiger partial charge >= 0.3 is 7.12 Å². The van der Waals surface area contributed by atoms with Crippen LogP contribution >= 0.6 is 0 Å². The molecule has 1 saturated heterocycles. The van der Waals surface area contributed by atoms with Crippen molar-refractivity contribution < 1.29 is 13.7 Å². The zero-order valence-electron chi connectivity index (χ0n) is 26.2. The van der Waals surface area contributed by atoms with Crippen LogP contribution in [-0.2, 0) is 9.31 Å². The van der Waals surface area contributed by atoms with Crippen molar-refractivity contribution in [2.24, 2.45) is 0 Å². The van der Waals surface area contributed by atoms with Crippen LogP contribution in [0.25, 0.3) is 67.2 Å². The molecule has 0 amide bonds. The maximum atomic E-state index is 6.52. The summed E-state index contributed by atoms with van der Waals surface area (Å²) in [7, 11) is -0.570. The molecule has 0 N–H and O–H groups in total. The first-order valence-electron chi connectivity index (χ1n) is 15.5. The standard InChI is InChI=1S/C39H32BN3O3/c1-38(2)39(3,4)46-40(45-38)29-23-31-30-20-11-12-21-33(30)44-34(31)32(24-29)37-42-35(26-16-9-6-10-17-26)41-36(43-37)28-19-13-18-27(22-28)25-14-7-5-8-15-25/h5-24H,1-4H3. The molecule has 0 spiro atoms. The Labute approximate surface area is 268 Å². The molecule has 6 nitrogen and oxygen atoms in total. The van der Waals surface area contributed by atoms with Gasteiger partial charge in [0.25, 0.3) is 0 Å². The Hall–Kier alpha value is -5.11. The maximum absolute atomic E-state index is 6.52. The van der Waals surface area contributed by atoms with Gasteiger partial charge in [-0.15, -0.1) is 0 Å². The number of hydrogen-bond acceptors (Lipinski definition) is 6. The SMILES string of the molecule is CC1(C)OB(c2cc(-c3nc(-c4ccccc4)nc(-c4cccc(-c5ccccc5)c4)n3)c3oc4ccccc4c3c2)OC1(C)C. The third-order valence-corrected chi connectivity index (χ3v) is 9.16. The van der Waals surface area contributed by atoms with Gasteiger partial charge in [-0.05, 0) is 62.5 Å². The zero-order chi connectivity index (χ0) is 31.5. The predicted molar refractivity (Wildman–Crippen MR) is 185 cm³/mol. The van der Waals surface area contributed by atoms with E-state index in [0.29, 0.717) is 23.1 Å². The van der Waals surface area contributed by atoms with E-state index in [-0.39, 0.29) is 0 Å². The van der Waals surface area contributed by atoms with Crippen LogP contribution in [0.3, 0.4) is 0 Å². The second kappa shape index (κ2) is 10.8. The van der Waals surface area contributed by atoms with Gasteiger partial charge in [0.1, 0.15) is 11.2 Å². The van der Waals surface area contributed by atoms with Gasteiger partial charge < -0.3 is 13.7 Å². The Kier molecular flexibility index (Phi) is 6.64.